The number of nitrogens with zero attached hydrogens (tertiary/aromatic N) is 3. The van der Waals surface area contributed by atoms with Crippen molar-refractivity contribution in [3.63, 3.8) is 0 Å². The molecular formula is C54H39N3Si. The van der Waals surface area contributed by atoms with Crippen molar-refractivity contribution in [2.75, 3.05) is 0 Å². The fraction of sp³-hybridized carbons (Fsp3) is 0.0185. The molecule has 0 atom stereocenters. The molecule has 4 heteroatoms. The van der Waals surface area contributed by atoms with Gasteiger partial charge >= 0.3 is 0 Å². The van der Waals surface area contributed by atoms with Gasteiger partial charge in [-0.1, -0.05) is 187 Å². The first-order valence-corrected chi connectivity index (χ1v) is 19.0. The monoisotopic (exact) mass is 794 g/mol. The molecule has 3 aromatic heterocycles. The number of hydrogen-bond donors (Lipinski definition) is 0. The highest BCUT2D eigenvalue weighted by Gasteiger charge is 2.41. The van der Waals surface area contributed by atoms with E-state index in [0.717, 1.165) is 6.92 Å². The Morgan fingerprint density at radius 1 is 0.362 bits per heavy atom. The summed E-state index contributed by atoms with van der Waals surface area (Å²) in [5.74, 6) is -2.35. The second kappa shape index (κ2) is 13.7. The molecule has 3 nitrogen and oxygen atoms in total. The van der Waals surface area contributed by atoms with Crippen LogP contribution in [-0.2, 0) is 0 Å². The molecule has 0 amide bonds. The molecule has 274 valence electrons. The average Bonchev–Trinajstić information content (AvgIpc) is 0.875. The summed E-state index contributed by atoms with van der Waals surface area (Å²) in [6, 6.07) is -41.9. The van der Waals surface area contributed by atoms with E-state index in [0.29, 0.717) is 9.13 Å². The van der Waals surface area contributed by atoms with E-state index in [9.17, 15) is 30.2 Å². The molecule has 0 bridgehead atoms. The smallest absolute Gasteiger partial charge is 0.179 e. The van der Waals surface area contributed by atoms with Crippen LogP contribution in [0.25, 0.3) is 66.4 Å². The first-order chi connectivity index (χ1) is 43.7. The summed E-state index contributed by atoms with van der Waals surface area (Å²) in [7, 11) is -6.62. The Balaban J connectivity index is 1.53. The van der Waals surface area contributed by atoms with Crippen LogP contribution in [0.4, 0.5) is 0 Å². The normalized spacial score (nSPS) is 20.6. The van der Waals surface area contributed by atoms with E-state index in [1.165, 1.54) is 0 Å². The topological polar surface area (TPSA) is 22.8 Å². The molecule has 0 saturated heterocycles. The quantitative estimate of drug-likeness (QED) is 0.116. The number of fused-ring (bicyclic) bond motifs is 6. The van der Waals surface area contributed by atoms with Gasteiger partial charge in [0.25, 0.3) is 0 Å². The molecule has 0 N–H and O–H groups in total. The summed E-state index contributed by atoms with van der Waals surface area (Å²) in [6.45, 7) is 1.11. The van der Waals surface area contributed by atoms with Crippen LogP contribution in [0.3, 0.4) is 0 Å². The van der Waals surface area contributed by atoms with Gasteiger partial charge in [-0.3, -0.25) is 9.13 Å². The molecule has 3 heterocycles. The van der Waals surface area contributed by atoms with Crippen LogP contribution >= 0.6 is 0 Å². The minimum absolute atomic E-state index is 0.432. The standard InChI is InChI=1S/C54H39N3Si/c1-38-31-33-43(34-32-38)58(41-18-4-2-5-19-41,42-20-6-3-7-21-42)44-22-16-17-39(35-44)40-36-53(56-49-27-12-8-23-45(49)46-24-9-13-28-50(46)56)55-54(37-40)57-51-29-14-10-25-47(51)48-26-11-15-30-52(48)57/h2-37H,1H3/i2D,3D,4D,5D,6D,7D,8D,9D,10D,11D,12D,13D,14D,15D,16D,17D,18D,19D,20D,21D,22D,23D,24D,25D,26D,27D,28D,29D,30D,31D,32D,33D,34D,35D,36D,37D. The van der Waals surface area contributed by atoms with Crippen LogP contribution in [0.15, 0.2) is 218 Å². The van der Waals surface area contributed by atoms with E-state index < -0.39 is 318 Å². The maximum atomic E-state index is 10.7. The molecule has 8 aromatic carbocycles. The van der Waals surface area contributed by atoms with Crippen LogP contribution in [0, 0.1) is 6.92 Å². The van der Waals surface area contributed by atoms with Crippen LogP contribution in [-0.4, -0.2) is 22.2 Å². The Hall–Kier alpha value is -7.27. The van der Waals surface area contributed by atoms with E-state index in [-0.39, 0.29) is 0 Å². The summed E-state index contributed by atoms with van der Waals surface area (Å²) in [5.41, 5.74) is -6.30. The first-order valence-electron chi connectivity index (χ1n) is 35.0. The van der Waals surface area contributed by atoms with Gasteiger partial charge in [0.05, 0.1) is 71.4 Å². The van der Waals surface area contributed by atoms with Gasteiger partial charge in [-0.25, -0.2) is 4.98 Å². The molecule has 11 rings (SSSR count). The minimum atomic E-state index is -6.62. The van der Waals surface area contributed by atoms with Crippen molar-refractivity contribution < 1.29 is 49.3 Å². The lowest BCUT2D eigenvalue weighted by atomic mass is 10.1. The van der Waals surface area contributed by atoms with Crippen LogP contribution in [0.5, 0.6) is 0 Å². The molecule has 58 heavy (non-hydrogen) atoms. The Kier molecular flexibility index (Phi) is 3.17. The number of hydrogen-bond acceptors (Lipinski definition) is 1. The van der Waals surface area contributed by atoms with Gasteiger partial charge in [-0.05, 0) is 75.1 Å². The van der Waals surface area contributed by atoms with Crippen LogP contribution in [0.1, 0.15) is 54.9 Å². The number of aromatic nitrogens is 3. The van der Waals surface area contributed by atoms with Crippen molar-refractivity contribution in [1.29, 1.82) is 0 Å². The Morgan fingerprint density at radius 2 is 0.741 bits per heavy atom. The van der Waals surface area contributed by atoms with E-state index >= 15 is 0 Å². The number of pyridine rings is 1. The zero-order valence-electron chi connectivity index (χ0n) is 65.3. The fourth-order valence-electron chi connectivity index (χ4n) is 6.86. The summed E-state index contributed by atoms with van der Waals surface area (Å²) < 4.78 is 337. The molecule has 0 radical (unpaired) electrons. The Bertz CT molecular complexity index is 4830. The second-order valence-corrected chi connectivity index (χ2v) is 15.9. The molecule has 0 saturated carbocycles. The number of para-hydroxylation sites is 4. The van der Waals surface area contributed by atoms with Crippen molar-refractivity contribution in [2.24, 2.45) is 0 Å². The molecule has 0 aliphatic heterocycles. The predicted molar refractivity (Wildman–Crippen MR) is 247 cm³/mol. The van der Waals surface area contributed by atoms with Gasteiger partial charge in [-0.15, -0.1) is 0 Å². The average molecular weight is 794 g/mol. The Morgan fingerprint density at radius 3 is 1.19 bits per heavy atom. The second-order valence-electron chi connectivity index (χ2n) is 12.4. The minimum Gasteiger partial charge on any atom is -0.294 e. The summed E-state index contributed by atoms with van der Waals surface area (Å²) in [5, 5.41) is -7.67. The van der Waals surface area contributed by atoms with Gasteiger partial charge in [0.2, 0.25) is 0 Å². The Labute approximate surface area is 389 Å². The van der Waals surface area contributed by atoms with Gasteiger partial charge < -0.3 is 0 Å². The van der Waals surface area contributed by atoms with Gasteiger partial charge in [0, 0.05) is 21.5 Å². The van der Waals surface area contributed by atoms with E-state index in [1.807, 2.05) is 0 Å². The lowest BCUT2D eigenvalue weighted by Crippen LogP contribution is -2.74. The van der Waals surface area contributed by atoms with Crippen molar-refractivity contribution in [3.8, 4) is 22.8 Å². The highest BCUT2D eigenvalue weighted by molar-refractivity contribution is 7.19. The van der Waals surface area contributed by atoms with Crippen molar-refractivity contribution >= 4 is 72.4 Å². The van der Waals surface area contributed by atoms with Crippen molar-refractivity contribution in [1.82, 2.24) is 14.1 Å². The largest absolute Gasteiger partial charge is 0.294 e. The maximum absolute atomic E-state index is 10.7. The number of rotatable bonds is 7. The van der Waals surface area contributed by atoms with E-state index in [1.54, 1.807) is 0 Å². The van der Waals surface area contributed by atoms with Gasteiger partial charge in [0.15, 0.2) is 8.07 Å². The third-order valence-electron chi connectivity index (χ3n) is 9.30. The predicted octanol–water partition coefficient (Wildman–Crippen LogP) is 10.6. The van der Waals surface area contributed by atoms with Gasteiger partial charge in [0.1, 0.15) is 11.6 Å². The highest BCUT2D eigenvalue weighted by atomic mass is 28.3. The maximum Gasteiger partial charge on any atom is 0.179 e. The third-order valence-corrected chi connectivity index (χ3v) is 13.3. The summed E-state index contributed by atoms with van der Waals surface area (Å²) in [6.07, 6.45) is 0. The summed E-state index contributed by atoms with van der Waals surface area (Å²) in [4.78, 5) is 4.63. The zero-order chi connectivity index (χ0) is 70.0. The SMILES string of the molecule is [2H]c1c([2H])c([2H])c([Si](c2c([2H])c([2H])c([2H])c([2H])c2[2H])(c2c([2H])c([2H])c(C)c([2H])c2[2H])c2c([2H])c([2H])c([2H])c(-c3c([2H])c(-n4c5c([2H])c([2H])c([2H])c([2H])c5c5c([2H])c([2H])c([2H])c([2H])c54)nc(-n4c5c([2H])c([2H])c([2H])c([2H])c5c5c([2H])c([2H])c([2H])c([2H])c54)c3[2H])c2[2H])c([2H])c1[2H]. The molecule has 0 fully saturated rings. The lowest BCUT2D eigenvalue weighted by molar-refractivity contribution is 1.01. The van der Waals surface area contributed by atoms with Gasteiger partial charge in [-0.2, -0.15) is 0 Å². The molecule has 0 aliphatic rings. The molecule has 11 aromatic rings. The first kappa shape index (κ1) is 13.4. The van der Waals surface area contributed by atoms with E-state index in [4.69, 9.17) is 19.2 Å². The zero-order valence-corrected chi connectivity index (χ0v) is 30.3. The summed E-state index contributed by atoms with van der Waals surface area (Å²) >= 11 is 0. The third kappa shape index (κ3) is 5.30. The fourth-order valence-corrected chi connectivity index (χ4v) is 10.4. The van der Waals surface area contributed by atoms with Crippen LogP contribution in [0.2, 0.25) is 0 Å². The molecule has 0 aliphatic carbocycles. The molecule has 0 spiro atoms. The van der Waals surface area contributed by atoms with Crippen LogP contribution < -0.4 is 20.7 Å². The molecule has 0 unspecified atom stereocenters. The van der Waals surface area contributed by atoms with E-state index in [2.05, 4.69) is 4.98 Å². The molecular weight excluding hydrogens is 719 g/mol. The lowest BCUT2D eigenvalue weighted by Gasteiger charge is -2.34. The van der Waals surface area contributed by atoms with Crippen molar-refractivity contribution in [3.05, 3.63) is 223 Å². The number of benzene rings is 8. The highest BCUT2D eigenvalue weighted by Crippen LogP contribution is 2.36. The van der Waals surface area contributed by atoms with Crippen molar-refractivity contribution in [2.45, 2.75) is 6.92 Å².